The molecule has 156 valence electrons. The molecule has 1 fully saturated rings. The van der Waals surface area contributed by atoms with Crippen molar-refractivity contribution in [2.75, 3.05) is 0 Å². The van der Waals surface area contributed by atoms with Gasteiger partial charge in [-0.15, -0.1) is 0 Å². The minimum Gasteiger partial charge on any atom is -0.429 e. The fourth-order valence-electron chi connectivity index (χ4n) is 3.50. The van der Waals surface area contributed by atoms with E-state index in [1.54, 1.807) is 12.1 Å². The highest BCUT2D eigenvalue weighted by molar-refractivity contribution is 5.88. The number of ether oxygens (including phenoxy) is 1. The Labute approximate surface area is 167 Å². The highest BCUT2D eigenvalue weighted by Crippen LogP contribution is 2.29. The molecule has 1 aliphatic rings. The first kappa shape index (κ1) is 22.2. The summed E-state index contributed by atoms with van der Waals surface area (Å²) in [5, 5.41) is 4.30. The molecule has 1 aromatic carbocycles. The molecular weight excluding hydrogens is 360 g/mol. The molecule has 0 bridgehead atoms. The first-order valence-electron chi connectivity index (χ1n) is 10.5. The van der Waals surface area contributed by atoms with Crippen molar-refractivity contribution in [1.82, 2.24) is 0 Å². The zero-order valence-electron chi connectivity index (χ0n) is 17.0. The SMILES string of the molecule is CCCCc1ccc(C(=O)OOOC(=O)OC2CCC(CCCC)CC2)cc1. The van der Waals surface area contributed by atoms with Crippen LogP contribution in [0, 0.1) is 5.92 Å². The van der Waals surface area contributed by atoms with Crippen molar-refractivity contribution in [1.29, 1.82) is 0 Å². The van der Waals surface area contributed by atoms with Gasteiger partial charge in [-0.3, -0.25) is 4.89 Å². The maximum atomic E-state index is 11.9. The molecule has 0 heterocycles. The van der Waals surface area contributed by atoms with E-state index in [2.05, 4.69) is 28.7 Å². The molecule has 6 heteroatoms. The van der Waals surface area contributed by atoms with Gasteiger partial charge in [-0.05, 0) is 62.1 Å². The Morgan fingerprint density at radius 1 is 0.929 bits per heavy atom. The molecule has 28 heavy (non-hydrogen) atoms. The fourth-order valence-corrected chi connectivity index (χ4v) is 3.50. The van der Waals surface area contributed by atoms with Gasteiger partial charge in [0.15, 0.2) is 0 Å². The Balaban J connectivity index is 1.62. The van der Waals surface area contributed by atoms with Gasteiger partial charge in [0.25, 0.3) is 0 Å². The number of aryl methyl sites for hydroxylation is 1. The number of carbonyl (C=O) groups excluding carboxylic acids is 2. The van der Waals surface area contributed by atoms with Gasteiger partial charge in [0, 0.05) is 0 Å². The molecule has 0 N–H and O–H groups in total. The van der Waals surface area contributed by atoms with E-state index in [0.717, 1.165) is 56.4 Å². The summed E-state index contributed by atoms with van der Waals surface area (Å²) < 4.78 is 5.21. The summed E-state index contributed by atoms with van der Waals surface area (Å²) in [6, 6.07) is 7.06. The van der Waals surface area contributed by atoms with Crippen LogP contribution in [0.1, 0.15) is 87.6 Å². The van der Waals surface area contributed by atoms with E-state index in [1.807, 2.05) is 12.1 Å². The highest BCUT2D eigenvalue weighted by Gasteiger charge is 2.25. The van der Waals surface area contributed by atoms with E-state index < -0.39 is 12.1 Å². The quantitative estimate of drug-likeness (QED) is 0.279. The topological polar surface area (TPSA) is 71.1 Å². The zero-order chi connectivity index (χ0) is 20.2. The van der Waals surface area contributed by atoms with E-state index in [4.69, 9.17) is 4.74 Å². The Kier molecular flexibility index (Phi) is 9.83. The molecule has 6 nitrogen and oxygen atoms in total. The molecule has 1 aliphatic carbocycles. The van der Waals surface area contributed by atoms with Crippen molar-refractivity contribution in [3.63, 3.8) is 0 Å². The third-order valence-electron chi connectivity index (χ3n) is 5.24. The molecule has 0 atom stereocenters. The van der Waals surface area contributed by atoms with Gasteiger partial charge < -0.3 is 4.74 Å². The predicted molar refractivity (Wildman–Crippen MR) is 104 cm³/mol. The summed E-state index contributed by atoms with van der Waals surface area (Å²) >= 11 is 0. The van der Waals surface area contributed by atoms with Crippen molar-refractivity contribution in [2.45, 2.75) is 84.2 Å². The van der Waals surface area contributed by atoms with E-state index in [1.165, 1.54) is 19.3 Å². The Hall–Kier alpha value is -2.08. The van der Waals surface area contributed by atoms with Crippen LogP contribution in [0.3, 0.4) is 0 Å². The van der Waals surface area contributed by atoms with Crippen LogP contribution in [0.4, 0.5) is 4.79 Å². The summed E-state index contributed by atoms with van der Waals surface area (Å²) in [5.41, 5.74) is 1.48. The van der Waals surface area contributed by atoms with E-state index >= 15 is 0 Å². The zero-order valence-corrected chi connectivity index (χ0v) is 17.0. The van der Waals surface area contributed by atoms with Crippen LogP contribution in [0.2, 0.25) is 0 Å². The van der Waals surface area contributed by atoms with Crippen LogP contribution in [-0.4, -0.2) is 18.2 Å². The minimum absolute atomic E-state index is 0.166. The van der Waals surface area contributed by atoms with E-state index in [9.17, 15) is 9.59 Å². The largest absolute Gasteiger partial charge is 0.543 e. The van der Waals surface area contributed by atoms with Crippen LogP contribution < -0.4 is 0 Å². The minimum atomic E-state index is -0.986. The van der Waals surface area contributed by atoms with Gasteiger partial charge >= 0.3 is 12.1 Å². The maximum absolute atomic E-state index is 11.9. The van der Waals surface area contributed by atoms with Crippen LogP contribution in [0.25, 0.3) is 0 Å². The number of hydrogen-bond acceptors (Lipinski definition) is 6. The molecule has 0 radical (unpaired) electrons. The Bertz CT molecular complexity index is 590. The lowest BCUT2D eigenvalue weighted by atomic mass is 9.84. The molecule has 0 aromatic heterocycles. The first-order valence-corrected chi connectivity index (χ1v) is 10.5. The average molecular weight is 392 g/mol. The van der Waals surface area contributed by atoms with Gasteiger partial charge in [-0.25, -0.2) is 14.5 Å². The lowest BCUT2D eigenvalue weighted by Crippen LogP contribution is -2.25. The normalized spacial score (nSPS) is 19.1. The van der Waals surface area contributed by atoms with Gasteiger partial charge in [0.05, 0.1) is 10.6 Å². The molecule has 0 saturated heterocycles. The molecular formula is C22H32O6. The van der Waals surface area contributed by atoms with E-state index in [0.29, 0.717) is 5.56 Å². The summed E-state index contributed by atoms with van der Waals surface area (Å²) in [6.45, 7) is 4.33. The fraction of sp³-hybridized carbons (Fsp3) is 0.636. The van der Waals surface area contributed by atoms with Crippen molar-refractivity contribution >= 4 is 12.1 Å². The van der Waals surface area contributed by atoms with Crippen molar-refractivity contribution < 1.29 is 29.1 Å². The van der Waals surface area contributed by atoms with Crippen LogP contribution in [0.15, 0.2) is 24.3 Å². The van der Waals surface area contributed by atoms with Gasteiger partial charge in [0.1, 0.15) is 6.10 Å². The molecule has 1 aromatic rings. The number of carbonyl (C=O) groups is 2. The molecule has 2 rings (SSSR count). The molecule has 0 aliphatic heterocycles. The average Bonchev–Trinajstić information content (AvgIpc) is 2.72. The molecule has 0 unspecified atom stereocenters. The Morgan fingerprint density at radius 3 is 2.25 bits per heavy atom. The number of unbranched alkanes of at least 4 members (excludes halogenated alkanes) is 2. The standard InChI is InChI=1S/C22H32O6/c1-3-5-7-17-9-13-19(14-10-17)21(23)26-28-27-22(24)25-20-15-11-18(12-16-20)8-6-4-2/h9-10,13-14,18,20H,3-8,11-12,15-16H2,1-2H3. The second-order valence-electron chi connectivity index (χ2n) is 7.48. The Morgan fingerprint density at radius 2 is 1.61 bits per heavy atom. The third kappa shape index (κ3) is 7.89. The van der Waals surface area contributed by atoms with Crippen molar-refractivity contribution in [2.24, 2.45) is 5.92 Å². The summed E-state index contributed by atoms with van der Waals surface area (Å²) in [4.78, 5) is 32.5. The summed E-state index contributed by atoms with van der Waals surface area (Å²) in [5.74, 6) is -0.00680. The van der Waals surface area contributed by atoms with Crippen LogP contribution in [-0.2, 0) is 26.0 Å². The summed E-state index contributed by atoms with van der Waals surface area (Å²) in [6.07, 6.45) is 9.50. The maximum Gasteiger partial charge on any atom is 0.543 e. The molecule has 1 saturated carbocycles. The van der Waals surface area contributed by atoms with Crippen molar-refractivity contribution in [3.8, 4) is 0 Å². The predicted octanol–water partition coefficient (Wildman–Crippen LogP) is 5.93. The summed E-state index contributed by atoms with van der Waals surface area (Å²) in [7, 11) is 0. The first-order chi connectivity index (χ1) is 13.6. The number of hydrogen-bond donors (Lipinski definition) is 0. The number of benzene rings is 1. The second-order valence-corrected chi connectivity index (χ2v) is 7.48. The third-order valence-corrected chi connectivity index (χ3v) is 5.24. The lowest BCUT2D eigenvalue weighted by molar-refractivity contribution is -0.453. The van der Waals surface area contributed by atoms with E-state index in [-0.39, 0.29) is 6.10 Å². The van der Waals surface area contributed by atoms with Crippen LogP contribution >= 0.6 is 0 Å². The lowest BCUT2D eigenvalue weighted by Gasteiger charge is -2.27. The van der Waals surface area contributed by atoms with Gasteiger partial charge in [-0.1, -0.05) is 51.7 Å². The van der Waals surface area contributed by atoms with Crippen molar-refractivity contribution in [3.05, 3.63) is 35.4 Å². The molecule has 0 spiro atoms. The smallest absolute Gasteiger partial charge is 0.429 e. The second kappa shape index (κ2) is 12.4. The van der Waals surface area contributed by atoms with Gasteiger partial charge in [-0.2, -0.15) is 0 Å². The van der Waals surface area contributed by atoms with Gasteiger partial charge in [0.2, 0.25) is 0 Å². The van der Waals surface area contributed by atoms with Crippen LogP contribution in [0.5, 0.6) is 0 Å². The monoisotopic (exact) mass is 392 g/mol. The molecule has 0 amide bonds. The highest BCUT2D eigenvalue weighted by atomic mass is 17.5. The number of rotatable bonds is 10.